The van der Waals surface area contributed by atoms with Crippen molar-refractivity contribution in [2.75, 3.05) is 32.7 Å². The Morgan fingerprint density at radius 1 is 1.21 bits per heavy atom. The van der Waals surface area contributed by atoms with Gasteiger partial charge in [-0.15, -0.1) is 0 Å². The molecule has 1 aliphatic rings. The number of carboxylic acid groups (broad SMARTS) is 1. The van der Waals surface area contributed by atoms with Crippen molar-refractivity contribution in [1.82, 2.24) is 15.1 Å². The Kier molecular flexibility index (Phi) is 6.08. The lowest BCUT2D eigenvalue weighted by Crippen LogP contribution is -2.54. The van der Waals surface area contributed by atoms with Gasteiger partial charge in [0.25, 0.3) is 0 Å². The van der Waals surface area contributed by atoms with Crippen LogP contribution in [-0.2, 0) is 4.79 Å². The van der Waals surface area contributed by atoms with Crippen LogP contribution in [0.4, 0.5) is 4.79 Å². The van der Waals surface area contributed by atoms with Crippen LogP contribution in [0.1, 0.15) is 27.2 Å². The third kappa shape index (κ3) is 5.06. The Morgan fingerprint density at radius 2 is 1.79 bits per heavy atom. The first-order chi connectivity index (χ1) is 8.93. The van der Waals surface area contributed by atoms with E-state index in [2.05, 4.69) is 24.1 Å². The number of amides is 2. The highest BCUT2D eigenvalue weighted by molar-refractivity contribution is 5.82. The second kappa shape index (κ2) is 7.33. The van der Waals surface area contributed by atoms with Gasteiger partial charge in [-0.3, -0.25) is 4.90 Å². The third-order valence-electron chi connectivity index (χ3n) is 3.29. The van der Waals surface area contributed by atoms with Gasteiger partial charge in [-0.2, -0.15) is 0 Å². The van der Waals surface area contributed by atoms with Crippen LogP contribution < -0.4 is 5.32 Å². The Hall–Kier alpha value is -1.30. The first-order valence-corrected chi connectivity index (χ1v) is 6.94. The summed E-state index contributed by atoms with van der Waals surface area (Å²) in [6.45, 7) is 10.2. The minimum atomic E-state index is -0.978. The highest BCUT2D eigenvalue weighted by atomic mass is 16.4. The summed E-state index contributed by atoms with van der Waals surface area (Å²) in [7, 11) is 0. The second-order valence-electron chi connectivity index (χ2n) is 5.43. The van der Waals surface area contributed by atoms with Gasteiger partial charge in [0.15, 0.2) is 0 Å². The minimum absolute atomic E-state index is 0.265. The lowest BCUT2D eigenvalue weighted by Gasteiger charge is -2.35. The molecule has 0 spiro atoms. The molecule has 1 heterocycles. The molecule has 0 radical (unpaired) electrons. The largest absolute Gasteiger partial charge is 0.480 e. The van der Waals surface area contributed by atoms with E-state index < -0.39 is 12.0 Å². The number of aliphatic carboxylic acids is 1. The number of nitrogens with zero attached hydrogens (tertiary/aromatic N) is 2. The van der Waals surface area contributed by atoms with Crippen molar-refractivity contribution >= 4 is 12.0 Å². The summed E-state index contributed by atoms with van der Waals surface area (Å²) in [5.41, 5.74) is 0. The fourth-order valence-electron chi connectivity index (χ4n) is 2.23. The van der Waals surface area contributed by atoms with E-state index >= 15 is 0 Å². The van der Waals surface area contributed by atoms with Crippen LogP contribution in [0.15, 0.2) is 0 Å². The van der Waals surface area contributed by atoms with Gasteiger partial charge >= 0.3 is 12.0 Å². The van der Waals surface area contributed by atoms with Crippen LogP contribution in [0, 0.1) is 5.92 Å². The summed E-state index contributed by atoms with van der Waals surface area (Å²) >= 11 is 0. The number of hydrogen-bond donors (Lipinski definition) is 2. The molecular weight excluding hydrogens is 246 g/mol. The first-order valence-electron chi connectivity index (χ1n) is 6.94. The highest BCUT2D eigenvalue weighted by Crippen LogP contribution is 2.06. The molecule has 6 nitrogen and oxygen atoms in total. The smallest absolute Gasteiger partial charge is 0.326 e. The molecular formula is C13H25N3O3. The number of piperazine rings is 1. The molecule has 1 rings (SSSR count). The molecule has 19 heavy (non-hydrogen) atoms. The lowest BCUT2D eigenvalue weighted by molar-refractivity contribution is -0.139. The fraction of sp³-hybridized carbons (Fsp3) is 0.846. The minimum Gasteiger partial charge on any atom is -0.480 e. The molecule has 1 unspecified atom stereocenters. The topological polar surface area (TPSA) is 72.9 Å². The van der Waals surface area contributed by atoms with Gasteiger partial charge in [0, 0.05) is 32.7 Å². The lowest BCUT2D eigenvalue weighted by atomic mass is 10.2. The molecule has 0 bridgehead atoms. The van der Waals surface area contributed by atoms with Crippen LogP contribution in [0.3, 0.4) is 0 Å². The zero-order valence-corrected chi connectivity index (χ0v) is 12.1. The molecule has 0 aromatic rings. The van der Waals surface area contributed by atoms with Crippen molar-refractivity contribution in [3.05, 3.63) is 0 Å². The van der Waals surface area contributed by atoms with Crippen LogP contribution in [0.2, 0.25) is 0 Å². The number of hydrogen-bond acceptors (Lipinski definition) is 3. The maximum absolute atomic E-state index is 11.9. The van der Waals surface area contributed by atoms with Gasteiger partial charge in [0.1, 0.15) is 6.04 Å². The van der Waals surface area contributed by atoms with E-state index in [4.69, 9.17) is 5.11 Å². The average molecular weight is 271 g/mol. The van der Waals surface area contributed by atoms with E-state index in [1.165, 1.54) is 0 Å². The van der Waals surface area contributed by atoms with Gasteiger partial charge in [-0.1, -0.05) is 20.8 Å². The summed E-state index contributed by atoms with van der Waals surface area (Å²) in [4.78, 5) is 26.8. The molecule has 110 valence electrons. The second-order valence-corrected chi connectivity index (χ2v) is 5.43. The Balaban J connectivity index is 2.38. The van der Waals surface area contributed by atoms with Gasteiger partial charge in [0.2, 0.25) is 0 Å². The van der Waals surface area contributed by atoms with E-state index in [1.807, 2.05) is 0 Å². The van der Waals surface area contributed by atoms with Gasteiger partial charge < -0.3 is 15.3 Å². The van der Waals surface area contributed by atoms with Crippen LogP contribution >= 0.6 is 0 Å². The number of carbonyl (C=O) groups is 2. The van der Waals surface area contributed by atoms with E-state index in [-0.39, 0.29) is 6.03 Å². The predicted molar refractivity (Wildman–Crippen MR) is 73.1 cm³/mol. The molecule has 0 saturated carbocycles. The SMILES string of the molecule is CCC(NC(=O)N1CCN(CC(C)C)CC1)C(=O)O. The monoisotopic (exact) mass is 271 g/mol. The van der Waals surface area contributed by atoms with Crippen molar-refractivity contribution in [2.45, 2.75) is 33.2 Å². The quantitative estimate of drug-likeness (QED) is 0.777. The maximum atomic E-state index is 11.9. The number of carbonyl (C=O) groups excluding carboxylic acids is 1. The third-order valence-corrected chi connectivity index (χ3v) is 3.29. The maximum Gasteiger partial charge on any atom is 0.326 e. The van der Waals surface area contributed by atoms with Crippen LogP contribution in [-0.4, -0.2) is 65.7 Å². The standard InChI is InChI=1S/C13H25N3O3/c1-4-11(12(17)18)14-13(19)16-7-5-15(6-8-16)9-10(2)3/h10-11H,4-9H2,1-3H3,(H,14,19)(H,17,18). The first kappa shape index (κ1) is 15.8. The Bertz CT molecular complexity index is 312. The molecule has 2 amide bonds. The van der Waals surface area contributed by atoms with Crippen molar-refractivity contribution in [3.63, 3.8) is 0 Å². The number of urea groups is 1. The summed E-state index contributed by atoms with van der Waals surface area (Å²) in [6, 6.07) is -1.06. The average Bonchev–Trinajstić information content (AvgIpc) is 2.35. The molecule has 1 atom stereocenters. The Labute approximate surface area is 114 Å². The predicted octanol–water partition coefficient (Wildman–Crippen LogP) is 0.833. The molecule has 0 aromatic heterocycles. The zero-order chi connectivity index (χ0) is 14.4. The summed E-state index contributed by atoms with van der Waals surface area (Å²) in [5.74, 6) is -0.355. The van der Waals surface area contributed by atoms with E-state index in [0.717, 1.165) is 19.6 Å². The van der Waals surface area contributed by atoms with Gasteiger partial charge in [0.05, 0.1) is 0 Å². The fourth-order valence-corrected chi connectivity index (χ4v) is 2.23. The molecule has 0 aromatic carbocycles. The summed E-state index contributed by atoms with van der Waals surface area (Å²) < 4.78 is 0. The van der Waals surface area contributed by atoms with Crippen molar-refractivity contribution in [3.8, 4) is 0 Å². The van der Waals surface area contributed by atoms with Crippen LogP contribution in [0.5, 0.6) is 0 Å². The Morgan fingerprint density at radius 3 is 2.21 bits per heavy atom. The van der Waals surface area contributed by atoms with E-state index in [0.29, 0.717) is 25.4 Å². The molecule has 1 fully saturated rings. The zero-order valence-electron chi connectivity index (χ0n) is 12.1. The number of carboxylic acids is 1. The van der Waals surface area contributed by atoms with Gasteiger partial charge in [-0.05, 0) is 12.3 Å². The van der Waals surface area contributed by atoms with Crippen molar-refractivity contribution in [1.29, 1.82) is 0 Å². The normalized spacial score (nSPS) is 18.4. The summed E-state index contributed by atoms with van der Waals surface area (Å²) in [5, 5.41) is 11.5. The van der Waals surface area contributed by atoms with Crippen LogP contribution in [0.25, 0.3) is 0 Å². The van der Waals surface area contributed by atoms with Crippen molar-refractivity contribution < 1.29 is 14.7 Å². The molecule has 1 saturated heterocycles. The van der Waals surface area contributed by atoms with Gasteiger partial charge in [-0.25, -0.2) is 9.59 Å². The number of nitrogens with one attached hydrogen (secondary N) is 1. The summed E-state index contributed by atoms with van der Waals surface area (Å²) in [6.07, 6.45) is 0.397. The molecule has 2 N–H and O–H groups in total. The number of rotatable bonds is 5. The van der Waals surface area contributed by atoms with E-state index in [9.17, 15) is 9.59 Å². The molecule has 0 aliphatic carbocycles. The molecule has 6 heteroatoms. The van der Waals surface area contributed by atoms with E-state index in [1.54, 1.807) is 11.8 Å². The highest BCUT2D eigenvalue weighted by Gasteiger charge is 2.24. The molecule has 1 aliphatic heterocycles. The van der Waals surface area contributed by atoms with Crippen molar-refractivity contribution in [2.24, 2.45) is 5.92 Å².